The van der Waals surface area contributed by atoms with Crippen LogP contribution in [0.2, 0.25) is 0 Å². The van der Waals surface area contributed by atoms with E-state index in [1.807, 2.05) is 0 Å². The molecule has 0 aliphatic heterocycles. The monoisotopic (exact) mass is 446 g/mol. The number of hydrogen-bond donors (Lipinski definition) is 0. The van der Waals surface area contributed by atoms with Crippen LogP contribution in [-0.4, -0.2) is 25.2 Å². The zero-order valence-electron chi connectivity index (χ0n) is 10.6. The summed E-state index contributed by atoms with van der Waals surface area (Å²) in [6, 6.07) is 0. The van der Waals surface area contributed by atoms with Gasteiger partial charge in [-0.3, -0.25) is 7.32 Å². The maximum Gasteiger partial charge on any atom is 2.00 e. The van der Waals surface area contributed by atoms with Gasteiger partial charge in [0.25, 0.3) is 0 Å². The molecule has 0 aromatic heterocycles. The molecule has 0 spiro atoms. The molecule has 0 N–H and O–H groups in total. The van der Waals surface area contributed by atoms with Crippen molar-refractivity contribution in [2.75, 3.05) is 0 Å². The first-order valence-corrected chi connectivity index (χ1v) is 4.02. The minimum atomic E-state index is -2.92. The van der Waals surface area contributed by atoms with Gasteiger partial charge in [-0.15, -0.1) is 0 Å². The van der Waals surface area contributed by atoms with Crippen molar-refractivity contribution in [3.8, 4) is 0 Å². The molecule has 0 heterocycles. The Hall–Kier alpha value is -0.945. The van der Waals surface area contributed by atoms with E-state index in [0.717, 1.165) is 18.2 Å². The largest absolute Gasteiger partial charge is 2.00 e. The SMILES string of the molecule is C=CC(=O)[O-].C=CC(=O)[O-].C=CC(=O)[O-].[Ni+2].[Ni+2].[Ni+2].[O-]B([O-])[O-]. The normalized spacial score (nSPS) is 5.59. The molecule has 22 heavy (non-hydrogen) atoms. The first kappa shape index (κ1) is 42.9. The number of hydrogen-bond acceptors (Lipinski definition) is 9. The second kappa shape index (κ2) is 36.9. The summed E-state index contributed by atoms with van der Waals surface area (Å²) in [6.07, 6.45) is 2.17. The Morgan fingerprint density at radius 1 is 0.636 bits per heavy atom. The van der Waals surface area contributed by atoms with Crippen LogP contribution in [0.4, 0.5) is 0 Å². The topological polar surface area (TPSA) is 190 Å². The maximum atomic E-state index is 9.14. The molecule has 0 unspecified atom stereocenters. The van der Waals surface area contributed by atoms with Crippen molar-refractivity contribution in [3.63, 3.8) is 0 Å². The van der Waals surface area contributed by atoms with Crippen LogP contribution < -0.4 is 30.4 Å². The summed E-state index contributed by atoms with van der Waals surface area (Å²) in [7, 11) is -2.92. The van der Waals surface area contributed by atoms with E-state index >= 15 is 0 Å². The van der Waals surface area contributed by atoms with Crippen LogP contribution in [0.25, 0.3) is 0 Å². The Kier molecular flexibility index (Phi) is 71.8. The smallest absolute Gasteiger partial charge is 0.907 e. The van der Waals surface area contributed by atoms with Crippen molar-refractivity contribution >= 4 is 25.2 Å². The van der Waals surface area contributed by atoms with Crippen molar-refractivity contribution in [2.45, 2.75) is 0 Å². The van der Waals surface area contributed by atoms with E-state index in [1.54, 1.807) is 0 Å². The predicted octanol–water partition coefficient (Wildman–Crippen LogP) is -7.19. The molecule has 0 radical (unpaired) electrons. The Labute approximate surface area is 157 Å². The third kappa shape index (κ3) is 243. The molecule has 0 saturated carbocycles. The van der Waals surface area contributed by atoms with Crippen molar-refractivity contribution in [3.05, 3.63) is 38.0 Å². The van der Waals surface area contributed by atoms with Crippen LogP contribution in [0.1, 0.15) is 0 Å². The average Bonchev–Trinajstić information content (AvgIpc) is 2.29. The van der Waals surface area contributed by atoms with Crippen LogP contribution in [0.3, 0.4) is 0 Å². The van der Waals surface area contributed by atoms with Gasteiger partial charge >= 0.3 is 49.5 Å². The second-order valence-electron chi connectivity index (χ2n) is 1.86. The standard InChI is InChI=1S/3C3H4O2.BO3.3Ni/c3*1-2-3(4)5;2-1(3)4;;;/h3*2H,1H2,(H,4,5);;;;/q;;;-3;3*+2/p-3. The Morgan fingerprint density at radius 3 is 0.682 bits per heavy atom. The zero-order valence-corrected chi connectivity index (χ0v) is 13.5. The van der Waals surface area contributed by atoms with E-state index in [-0.39, 0.29) is 49.5 Å². The summed E-state index contributed by atoms with van der Waals surface area (Å²) in [5, 5.41) is 52.7. The van der Waals surface area contributed by atoms with E-state index in [0.29, 0.717) is 0 Å². The minimum absolute atomic E-state index is 0. The molecule has 0 bridgehead atoms. The third-order valence-electron chi connectivity index (χ3n) is 0.500. The molecule has 0 saturated heterocycles. The Bertz CT molecular complexity index is 265. The predicted molar refractivity (Wildman–Crippen MR) is 51.4 cm³/mol. The summed E-state index contributed by atoms with van der Waals surface area (Å²) >= 11 is 0. The number of carboxylic acids is 3. The van der Waals surface area contributed by atoms with E-state index < -0.39 is 25.2 Å². The molecule has 0 aliphatic rings. The summed E-state index contributed by atoms with van der Waals surface area (Å²) in [6.45, 7) is 8.69. The number of carbonyl (C=O) groups excluding carboxylic acids is 3. The fourth-order valence-electron chi connectivity index (χ4n) is 0. The van der Waals surface area contributed by atoms with Gasteiger partial charge < -0.3 is 44.8 Å². The molecule has 0 aromatic rings. The molecule has 9 nitrogen and oxygen atoms in total. The van der Waals surface area contributed by atoms with Gasteiger partial charge in [0.15, 0.2) is 0 Å². The molecular formula is C9H9BNi3O9. The second-order valence-corrected chi connectivity index (χ2v) is 1.86. The summed E-state index contributed by atoms with van der Waals surface area (Å²) in [5.74, 6) is -3.69. The van der Waals surface area contributed by atoms with Crippen molar-refractivity contribution in [2.24, 2.45) is 0 Å². The van der Waals surface area contributed by atoms with Crippen molar-refractivity contribution in [1.82, 2.24) is 0 Å². The van der Waals surface area contributed by atoms with Crippen LogP contribution in [0, 0.1) is 0 Å². The van der Waals surface area contributed by atoms with Crippen LogP contribution in [-0.2, 0) is 63.9 Å². The first-order valence-electron chi connectivity index (χ1n) is 4.02. The van der Waals surface area contributed by atoms with Gasteiger partial charge in [0.05, 0.1) is 17.9 Å². The fourth-order valence-corrected chi connectivity index (χ4v) is 0. The molecule has 0 aromatic carbocycles. The van der Waals surface area contributed by atoms with E-state index in [1.165, 1.54) is 0 Å². The van der Waals surface area contributed by atoms with E-state index in [2.05, 4.69) is 19.7 Å². The fraction of sp³-hybridized carbons (Fsp3) is 0. The van der Waals surface area contributed by atoms with Crippen LogP contribution in [0.15, 0.2) is 38.0 Å². The zero-order chi connectivity index (χ0) is 16.4. The van der Waals surface area contributed by atoms with Gasteiger partial charge in [0.2, 0.25) is 0 Å². The third-order valence-corrected chi connectivity index (χ3v) is 0.500. The molecule has 0 rings (SSSR count). The van der Waals surface area contributed by atoms with Gasteiger partial charge in [0, 0.05) is 0 Å². The molecule has 13 heteroatoms. The van der Waals surface area contributed by atoms with Crippen molar-refractivity contribution < 1.29 is 94.2 Å². The van der Waals surface area contributed by atoms with E-state index in [9.17, 15) is 0 Å². The molecule has 0 amide bonds. The first-order chi connectivity index (χ1) is 8.54. The molecule has 0 aliphatic carbocycles. The summed E-state index contributed by atoms with van der Waals surface area (Å²) in [5.41, 5.74) is 0. The number of aliphatic carboxylic acids is 3. The van der Waals surface area contributed by atoms with Gasteiger partial charge in [-0.1, -0.05) is 19.7 Å². The summed E-state index contributed by atoms with van der Waals surface area (Å²) < 4.78 is 0. The van der Waals surface area contributed by atoms with Crippen LogP contribution >= 0.6 is 0 Å². The number of rotatable bonds is 3. The van der Waals surface area contributed by atoms with E-state index in [4.69, 9.17) is 44.8 Å². The van der Waals surface area contributed by atoms with Gasteiger partial charge in [-0.25, -0.2) is 0 Å². The number of carbonyl (C=O) groups is 3. The minimum Gasteiger partial charge on any atom is -0.907 e. The van der Waals surface area contributed by atoms with Gasteiger partial charge in [-0.05, 0) is 18.2 Å². The Morgan fingerprint density at radius 2 is 0.682 bits per heavy atom. The maximum absolute atomic E-state index is 9.14. The van der Waals surface area contributed by atoms with Crippen molar-refractivity contribution in [1.29, 1.82) is 0 Å². The average molecular weight is 448 g/mol. The quantitative estimate of drug-likeness (QED) is 0.298. The Balaban J connectivity index is -0.0000000262. The molecule has 0 atom stereocenters. The number of carboxylic acid groups (broad SMARTS) is 3. The van der Waals surface area contributed by atoms with Gasteiger partial charge in [0.1, 0.15) is 0 Å². The molecule has 132 valence electrons. The van der Waals surface area contributed by atoms with Gasteiger partial charge in [-0.2, -0.15) is 0 Å². The summed E-state index contributed by atoms with van der Waals surface area (Å²) in [4.78, 5) is 27.4. The van der Waals surface area contributed by atoms with Crippen LogP contribution in [0.5, 0.6) is 0 Å². The molecule has 0 fully saturated rings. The molecular weight excluding hydrogens is 439 g/mol.